The Morgan fingerprint density at radius 2 is 1.62 bits per heavy atom. The third-order valence-electron chi connectivity index (χ3n) is 5.76. The van der Waals surface area contributed by atoms with Crippen LogP contribution >= 0.6 is 31.9 Å². The molecule has 2 heterocycles. The number of hydrogen-bond acceptors (Lipinski definition) is 2. The molecule has 2 aromatic carbocycles. The molecule has 0 unspecified atom stereocenters. The molecular formula is C20H20Br2N2. The molecule has 4 heteroatoms. The predicted octanol–water partition coefficient (Wildman–Crippen LogP) is 5.68. The first-order valence-electron chi connectivity index (χ1n) is 8.79. The SMILES string of the molecule is Brc1ccc(N2c3ccc(Br)cc3[C@@H]3CN(C4CC4)CC[C@H]32)cc1. The topological polar surface area (TPSA) is 6.48 Å². The van der Waals surface area contributed by atoms with Crippen molar-refractivity contribution < 1.29 is 0 Å². The van der Waals surface area contributed by atoms with E-state index >= 15 is 0 Å². The number of hydrogen-bond donors (Lipinski definition) is 0. The van der Waals surface area contributed by atoms with E-state index in [-0.39, 0.29) is 0 Å². The number of fused-ring (bicyclic) bond motifs is 3. The van der Waals surface area contributed by atoms with Gasteiger partial charge in [-0.05, 0) is 67.3 Å². The number of nitrogens with zero attached hydrogens (tertiary/aromatic N) is 2. The van der Waals surface area contributed by atoms with Gasteiger partial charge in [0.05, 0.1) is 0 Å². The van der Waals surface area contributed by atoms with Gasteiger partial charge in [0.25, 0.3) is 0 Å². The lowest BCUT2D eigenvalue weighted by Gasteiger charge is -2.39. The molecule has 2 aliphatic heterocycles. The van der Waals surface area contributed by atoms with Crippen molar-refractivity contribution in [1.29, 1.82) is 0 Å². The highest BCUT2D eigenvalue weighted by Crippen LogP contribution is 2.50. The van der Waals surface area contributed by atoms with Crippen molar-refractivity contribution in [2.45, 2.75) is 37.3 Å². The Labute approximate surface area is 160 Å². The molecule has 1 saturated heterocycles. The van der Waals surface area contributed by atoms with E-state index < -0.39 is 0 Å². The summed E-state index contributed by atoms with van der Waals surface area (Å²) in [5, 5.41) is 0. The number of piperidine rings is 1. The summed E-state index contributed by atoms with van der Waals surface area (Å²) in [7, 11) is 0. The normalized spacial score (nSPS) is 26.3. The smallest absolute Gasteiger partial charge is 0.0451 e. The molecule has 124 valence electrons. The van der Waals surface area contributed by atoms with E-state index in [1.807, 2.05) is 0 Å². The van der Waals surface area contributed by atoms with Gasteiger partial charge in [-0.15, -0.1) is 0 Å². The lowest BCUT2D eigenvalue weighted by molar-refractivity contribution is 0.188. The molecule has 2 atom stereocenters. The van der Waals surface area contributed by atoms with E-state index in [2.05, 4.69) is 84.1 Å². The van der Waals surface area contributed by atoms with E-state index in [0.717, 1.165) is 10.5 Å². The molecule has 1 saturated carbocycles. The lowest BCUT2D eigenvalue weighted by Crippen LogP contribution is -2.45. The maximum Gasteiger partial charge on any atom is 0.0451 e. The quantitative estimate of drug-likeness (QED) is 0.583. The second kappa shape index (κ2) is 5.86. The molecule has 0 bridgehead atoms. The van der Waals surface area contributed by atoms with Crippen LogP contribution in [0.4, 0.5) is 11.4 Å². The molecule has 2 aromatic rings. The summed E-state index contributed by atoms with van der Waals surface area (Å²) in [6.45, 7) is 2.46. The predicted molar refractivity (Wildman–Crippen MR) is 106 cm³/mol. The van der Waals surface area contributed by atoms with Gasteiger partial charge in [-0.2, -0.15) is 0 Å². The van der Waals surface area contributed by atoms with Crippen molar-refractivity contribution in [1.82, 2.24) is 4.90 Å². The first kappa shape index (κ1) is 15.4. The summed E-state index contributed by atoms with van der Waals surface area (Å²) < 4.78 is 2.34. The van der Waals surface area contributed by atoms with Crippen LogP contribution in [0.15, 0.2) is 51.4 Å². The Kier molecular flexibility index (Phi) is 3.76. The van der Waals surface area contributed by atoms with E-state index in [4.69, 9.17) is 0 Å². The van der Waals surface area contributed by atoms with Crippen LogP contribution < -0.4 is 4.90 Å². The van der Waals surface area contributed by atoms with Crippen molar-refractivity contribution in [3.05, 3.63) is 57.0 Å². The Bertz CT molecular complexity index is 770. The van der Waals surface area contributed by atoms with E-state index in [1.54, 1.807) is 0 Å². The molecule has 2 fully saturated rings. The molecule has 0 radical (unpaired) electrons. The van der Waals surface area contributed by atoms with Crippen LogP contribution in [-0.4, -0.2) is 30.1 Å². The van der Waals surface area contributed by atoms with Crippen LogP contribution in [-0.2, 0) is 0 Å². The van der Waals surface area contributed by atoms with Gasteiger partial charge in [-0.1, -0.05) is 31.9 Å². The number of likely N-dealkylation sites (tertiary alicyclic amines) is 1. The third kappa shape index (κ3) is 2.54. The largest absolute Gasteiger partial charge is 0.337 e. The molecule has 3 aliphatic rings. The van der Waals surface area contributed by atoms with Gasteiger partial charge in [0, 0.05) is 51.4 Å². The molecule has 0 amide bonds. The summed E-state index contributed by atoms with van der Waals surface area (Å²) in [5.74, 6) is 0.621. The van der Waals surface area contributed by atoms with Gasteiger partial charge >= 0.3 is 0 Å². The second-order valence-electron chi connectivity index (χ2n) is 7.24. The van der Waals surface area contributed by atoms with Crippen LogP contribution in [0.3, 0.4) is 0 Å². The lowest BCUT2D eigenvalue weighted by atomic mass is 9.89. The highest BCUT2D eigenvalue weighted by molar-refractivity contribution is 9.10. The monoisotopic (exact) mass is 446 g/mol. The minimum absolute atomic E-state index is 0.588. The second-order valence-corrected chi connectivity index (χ2v) is 9.07. The van der Waals surface area contributed by atoms with Crippen LogP contribution in [0.2, 0.25) is 0 Å². The Morgan fingerprint density at radius 1 is 0.875 bits per heavy atom. The van der Waals surface area contributed by atoms with Crippen molar-refractivity contribution in [3.63, 3.8) is 0 Å². The highest BCUT2D eigenvalue weighted by atomic mass is 79.9. The fraction of sp³-hybridized carbons (Fsp3) is 0.400. The zero-order valence-electron chi connectivity index (χ0n) is 13.5. The number of halogens is 2. The maximum absolute atomic E-state index is 3.69. The van der Waals surface area contributed by atoms with E-state index in [1.165, 1.54) is 53.8 Å². The number of rotatable bonds is 2. The summed E-state index contributed by atoms with van der Waals surface area (Å²) >= 11 is 7.25. The minimum Gasteiger partial charge on any atom is -0.337 e. The zero-order valence-corrected chi connectivity index (χ0v) is 16.6. The average molecular weight is 448 g/mol. The fourth-order valence-corrected chi connectivity index (χ4v) is 5.15. The first-order chi connectivity index (χ1) is 11.7. The average Bonchev–Trinajstić information content (AvgIpc) is 3.39. The fourth-order valence-electron chi connectivity index (χ4n) is 4.50. The van der Waals surface area contributed by atoms with Crippen LogP contribution in [0.25, 0.3) is 0 Å². The van der Waals surface area contributed by atoms with Crippen molar-refractivity contribution in [2.24, 2.45) is 0 Å². The third-order valence-corrected chi connectivity index (χ3v) is 6.78. The van der Waals surface area contributed by atoms with Gasteiger partial charge < -0.3 is 4.90 Å². The van der Waals surface area contributed by atoms with E-state index in [9.17, 15) is 0 Å². The molecule has 0 N–H and O–H groups in total. The molecule has 5 rings (SSSR count). The molecule has 0 spiro atoms. The number of benzene rings is 2. The number of anilines is 2. The molecule has 1 aliphatic carbocycles. The van der Waals surface area contributed by atoms with Crippen LogP contribution in [0.5, 0.6) is 0 Å². The summed E-state index contributed by atoms with van der Waals surface area (Å²) in [6, 6.07) is 17.1. The Balaban J connectivity index is 1.57. The van der Waals surface area contributed by atoms with Gasteiger partial charge in [-0.25, -0.2) is 0 Å². The Morgan fingerprint density at radius 3 is 2.38 bits per heavy atom. The Hall–Kier alpha value is -0.840. The standard InChI is InChI=1S/C20H20Br2N2/c21-13-1-4-16(5-2-13)24-19-8-3-14(22)11-17(19)18-12-23(15-6-7-15)10-9-20(18)24/h1-5,8,11,15,18,20H,6-7,9-10,12H2/t18-,20+/m0/s1. The molecular weight excluding hydrogens is 428 g/mol. The van der Waals surface area contributed by atoms with Crippen LogP contribution in [0.1, 0.15) is 30.7 Å². The molecule has 24 heavy (non-hydrogen) atoms. The molecule has 2 nitrogen and oxygen atoms in total. The summed E-state index contributed by atoms with van der Waals surface area (Å²) in [5.41, 5.74) is 4.23. The van der Waals surface area contributed by atoms with Crippen molar-refractivity contribution in [3.8, 4) is 0 Å². The van der Waals surface area contributed by atoms with E-state index in [0.29, 0.717) is 12.0 Å². The zero-order chi connectivity index (χ0) is 16.3. The van der Waals surface area contributed by atoms with Crippen molar-refractivity contribution in [2.75, 3.05) is 18.0 Å². The summed E-state index contributed by atoms with van der Waals surface area (Å²) in [4.78, 5) is 5.32. The highest BCUT2D eigenvalue weighted by Gasteiger charge is 2.45. The van der Waals surface area contributed by atoms with Gasteiger partial charge in [0.1, 0.15) is 0 Å². The van der Waals surface area contributed by atoms with Crippen molar-refractivity contribution >= 4 is 43.2 Å². The minimum atomic E-state index is 0.588. The van der Waals surface area contributed by atoms with Gasteiger partial charge in [0.15, 0.2) is 0 Å². The molecule has 0 aromatic heterocycles. The van der Waals surface area contributed by atoms with Crippen LogP contribution in [0, 0.1) is 0 Å². The summed E-state index contributed by atoms with van der Waals surface area (Å²) in [6.07, 6.45) is 4.06. The van der Waals surface area contributed by atoms with Gasteiger partial charge in [-0.3, -0.25) is 4.90 Å². The van der Waals surface area contributed by atoms with Gasteiger partial charge in [0.2, 0.25) is 0 Å². The first-order valence-corrected chi connectivity index (χ1v) is 10.4. The maximum atomic E-state index is 3.69.